The van der Waals surface area contributed by atoms with E-state index in [1.165, 1.54) is 0 Å². The molecule has 0 aliphatic rings. The molecule has 0 fully saturated rings. The van der Waals surface area contributed by atoms with Crippen LogP contribution in [-0.2, 0) is 11.2 Å². The van der Waals surface area contributed by atoms with Crippen LogP contribution in [0.3, 0.4) is 0 Å². The van der Waals surface area contributed by atoms with Gasteiger partial charge in [-0.05, 0) is 40.2 Å². The van der Waals surface area contributed by atoms with Gasteiger partial charge in [0.2, 0.25) is 0 Å². The van der Waals surface area contributed by atoms with Gasteiger partial charge in [-0.2, -0.15) is 5.10 Å². The van der Waals surface area contributed by atoms with Gasteiger partial charge in [0.15, 0.2) is 0 Å². The van der Waals surface area contributed by atoms with Crippen molar-refractivity contribution in [1.82, 2.24) is 9.78 Å². The molecule has 2 unspecified atom stereocenters. The summed E-state index contributed by atoms with van der Waals surface area (Å²) >= 11 is 0. The molecule has 0 aromatic carbocycles. The van der Waals surface area contributed by atoms with Crippen LogP contribution in [0.1, 0.15) is 52.8 Å². The van der Waals surface area contributed by atoms with Gasteiger partial charge in [-0.25, -0.2) is 0 Å². The summed E-state index contributed by atoms with van der Waals surface area (Å²) in [6.45, 7) is 11.1. The van der Waals surface area contributed by atoms with Crippen LogP contribution in [0.5, 0.6) is 0 Å². The van der Waals surface area contributed by atoms with E-state index in [-0.39, 0.29) is 11.6 Å². The summed E-state index contributed by atoms with van der Waals surface area (Å²) in [7, 11) is 0. The Bertz CT molecular complexity index is 362. The Labute approximate surface area is 111 Å². The Morgan fingerprint density at radius 2 is 2.11 bits per heavy atom. The quantitative estimate of drug-likeness (QED) is 0.812. The first-order valence-electron chi connectivity index (χ1n) is 6.86. The van der Waals surface area contributed by atoms with E-state index in [0.29, 0.717) is 12.6 Å². The second kappa shape index (κ2) is 6.34. The lowest BCUT2D eigenvalue weighted by atomic mass is 9.90. The van der Waals surface area contributed by atoms with E-state index in [9.17, 15) is 0 Å². The predicted octanol–water partition coefficient (Wildman–Crippen LogP) is 2.54. The van der Waals surface area contributed by atoms with Gasteiger partial charge >= 0.3 is 0 Å². The van der Waals surface area contributed by atoms with Crippen LogP contribution < -0.4 is 5.73 Å². The highest BCUT2D eigenvalue weighted by molar-refractivity contribution is 5.04. The molecule has 1 aromatic rings. The van der Waals surface area contributed by atoms with E-state index in [1.807, 2.05) is 23.9 Å². The number of rotatable bonds is 7. The van der Waals surface area contributed by atoms with Crippen molar-refractivity contribution in [3.05, 3.63) is 18.0 Å². The standard InChI is InChI=1S/C14H27N3O/c1-6-14(5,18-7-2)13(15)10-12-8-9-17(16-12)11(3)4/h8-9,11,13H,6-7,10,15H2,1-5H3. The summed E-state index contributed by atoms with van der Waals surface area (Å²) < 4.78 is 7.77. The molecule has 0 radical (unpaired) electrons. The van der Waals surface area contributed by atoms with E-state index in [1.54, 1.807) is 0 Å². The van der Waals surface area contributed by atoms with E-state index in [4.69, 9.17) is 10.5 Å². The Balaban J connectivity index is 2.70. The monoisotopic (exact) mass is 253 g/mol. The Kier molecular flexibility index (Phi) is 5.35. The van der Waals surface area contributed by atoms with Crippen molar-refractivity contribution in [2.24, 2.45) is 5.73 Å². The summed E-state index contributed by atoms with van der Waals surface area (Å²) in [5, 5.41) is 4.54. The Morgan fingerprint density at radius 3 is 2.56 bits per heavy atom. The maximum absolute atomic E-state index is 6.29. The molecule has 4 heteroatoms. The van der Waals surface area contributed by atoms with Gasteiger partial charge in [-0.15, -0.1) is 0 Å². The second-order valence-electron chi connectivity index (χ2n) is 5.29. The molecular formula is C14H27N3O. The van der Waals surface area contributed by atoms with Crippen LogP contribution in [0.2, 0.25) is 0 Å². The molecule has 0 spiro atoms. The molecule has 1 aromatic heterocycles. The SMILES string of the molecule is CCOC(C)(CC)C(N)Cc1ccn(C(C)C)n1. The van der Waals surface area contributed by atoms with Gasteiger partial charge in [0.25, 0.3) is 0 Å². The van der Waals surface area contributed by atoms with Gasteiger partial charge < -0.3 is 10.5 Å². The van der Waals surface area contributed by atoms with E-state index < -0.39 is 0 Å². The third-order valence-electron chi connectivity index (χ3n) is 3.58. The van der Waals surface area contributed by atoms with Crippen LogP contribution in [0.15, 0.2) is 12.3 Å². The third-order valence-corrected chi connectivity index (χ3v) is 3.58. The summed E-state index contributed by atoms with van der Waals surface area (Å²) in [6.07, 6.45) is 3.67. The normalized spacial score (nSPS) is 16.8. The van der Waals surface area contributed by atoms with Gasteiger partial charge in [-0.1, -0.05) is 6.92 Å². The topological polar surface area (TPSA) is 53.1 Å². The van der Waals surface area contributed by atoms with Crippen molar-refractivity contribution >= 4 is 0 Å². The summed E-state index contributed by atoms with van der Waals surface area (Å²) in [4.78, 5) is 0. The summed E-state index contributed by atoms with van der Waals surface area (Å²) in [5.74, 6) is 0. The maximum atomic E-state index is 6.29. The minimum absolute atomic E-state index is 0.0297. The number of aromatic nitrogens is 2. The van der Waals surface area contributed by atoms with Crippen LogP contribution in [0.4, 0.5) is 0 Å². The first kappa shape index (κ1) is 15.2. The molecule has 0 amide bonds. The molecule has 0 aliphatic heterocycles. The highest BCUT2D eigenvalue weighted by Gasteiger charge is 2.31. The molecular weight excluding hydrogens is 226 g/mol. The Hall–Kier alpha value is -0.870. The molecule has 0 aliphatic carbocycles. The first-order chi connectivity index (χ1) is 8.42. The molecule has 18 heavy (non-hydrogen) atoms. The lowest BCUT2D eigenvalue weighted by Crippen LogP contribution is -2.48. The number of ether oxygens (including phenoxy) is 1. The van der Waals surface area contributed by atoms with Crippen molar-refractivity contribution < 1.29 is 4.74 Å². The second-order valence-corrected chi connectivity index (χ2v) is 5.29. The molecule has 0 saturated heterocycles. The Morgan fingerprint density at radius 1 is 1.44 bits per heavy atom. The number of nitrogens with zero attached hydrogens (tertiary/aromatic N) is 2. The molecule has 2 N–H and O–H groups in total. The van der Waals surface area contributed by atoms with E-state index in [2.05, 4.69) is 32.8 Å². The molecule has 0 bridgehead atoms. The average Bonchev–Trinajstić information content (AvgIpc) is 2.77. The van der Waals surface area contributed by atoms with Crippen molar-refractivity contribution in [2.75, 3.05) is 6.61 Å². The fraction of sp³-hybridized carbons (Fsp3) is 0.786. The minimum Gasteiger partial charge on any atom is -0.374 e. The highest BCUT2D eigenvalue weighted by Crippen LogP contribution is 2.21. The molecule has 4 nitrogen and oxygen atoms in total. The maximum Gasteiger partial charge on any atom is 0.0805 e. The number of hydrogen-bond acceptors (Lipinski definition) is 3. The smallest absolute Gasteiger partial charge is 0.0805 e. The summed E-state index contributed by atoms with van der Waals surface area (Å²) in [6, 6.07) is 2.40. The fourth-order valence-electron chi connectivity index (χ4n) is 2.02. The lowest BCUT2D eigenvalue weighted by Gasteiger charge is -2.34. The van der Waals surface area contributed by atoms with Gasteiger partial charge in [0.05, 0.1) is 11.3 Å². The average molecular weight is 253 g/mol. The van der Waals surface area contributed by atoms with E-state index in [0.717, 1.165) is 18.5 Å². The minimum atomic E-state index is -0.267. The van der Waals surface area contributed by atoms with Crippen molar-refractivity contribution in [3.63, 3.8) is 0 Å². The molecule has 1 heterocycles. The van der Waals surface area contributed by atoms with Gasteiger partial charge in [-0.3, -0.25) is 4.68 Å². The number of nitrogens with two attached hydrogens (primary N) is 1. The first-order valence-corrected chi connectivity index (χ1v) is 6.86. The molecule has 104 valence electrons. The van der Waals surface area contributed by atoms with Crippen molar-refractivity contribution in [2.45, 2.75) is 65.1 Å². The van der Waals surface area contributed by atoms with Crippen molar-refractivity contribution in [3.8, 4) is 0 Å². The van der Waals surface area contributed by atoms with E-state index >= 15 is 0 Å². The van der Waals surface area contributed by atoms with Crippen LogP contribution in [0, 0.1) is 0 Å². The van der Waals surface area contributed by atoms with Crippen LogP contribution in [0.25, 0.3) is 0 Å². The van der Waals surface area contributed by atoms with Crippen LogP contribution >= 0.6 is 0 Å². The van der Waals surface area contributed by atoms with Crippen LogP contribution in [-0.4, -0.2) is 28.0 Å². The fourth-order valence-corrected chi connectivity index (χ4v) is 2.02. The number of hydrogen-bond donors (Lipinski definition) is 1. The largest absolute Gasteiger partial charge is 0.374 e. The molecule has 2 atom stereocenters. The summed E-state index contributed by atoms with van der Waals surface area (Å²) in [5.41, 5.74) is 7.06. The zero-order chi connectivity index (χ0) is 13.8. The van der Waals surface area contributed by atoms with Gasteiger partial charge in [0, 0.05) is 31.3 Å². The lowest BCUT2D eigenvalue weighted by molar-refractivity contribution is -0.0463. The molecule has 1 rings (SSSR count). The zero-order valence-corrected chi connectivity index (χ0v) is 12.3. The third kappa shape index (κ3) is 3.56. The molecule has 0 saturated carbocycles. The van der Waals surface area contributed by atoms with Gasteiger partial charge in [0.1, 0.15) is 0 Å². The highest BCUT2D eigenvalue weighted by atomic mass is 16.5. The van der Waals surface area contributed by atoms with Crippen molar-refractivity contribution in [1.29, 1.82) is 0 Å². The zero-order valence-electron chi connectivity index (χ0n) is 12.3. The predicted molar refractivity (Wildman–Crippen MR) is 74.6 cm³/mol.